The molecule has 0 aliphatic heterocycles. The van der Waals surface area contributed by atoms with Crippen molar-refractivity contribution in [1.29, 1.82) is 5.26 Å². The third-order valence-electron chi connectivity index (χ3n) is 1.44. The molecule has 0 bridgehead atoms. The molecule has 1 aromatic heterocycles. The van der Waals surface area contributed by atoms with Crippen LogP contribution in [0, 0.1) is 11.3 Å². The van der Waals surface area contributed by atoms with Gasteiger partial charge in [-0.15, -0.1) is 0 Å². The van der Waals surface area contributed by atoms with Crippen LogP contribution in [0.2, 0.25) is 0 Å². The van der Waals surface area contributed by atoms with Gasteiger partial charge in [0.25, 0.3) is 0 Å². The Bertz CT molecular complexity index is 348. The molecule has 1 aromatic rings. The maximum Gasteiger partial charge on any atom is 0.176 e. The highest BCUT2D eigenvalue weighted by atomic mass is 16.5. The molecule has 0 saturated carbocycles. The fourth-order valence-electron chi connectivity index (χ4n) is 0.825. The van der Waals surface area contributed by atoms with Gasteiger partial charge in [0, 0.05) is 7.05 Å². The summed E-state index contributed by atoms with van der Waals surface area (Å²) in [4.78, 5) is 3.96. The third kappa shape index (κ3) is 2.06. The van der Waals surface area contributed by atoms with Crippen LogP contribution in [0.1, 0.15) is 12.5 Å². The molecule has 0 spiro atoms. The number of nitrogens with zero attached hydrogens (tertiary/aromatic N) is 4. The number of aromatic nitrogens is 2. The summed E-state index contributed by atoms with van der Waals surface area (Å²) in [5.74, 6) is 0.510. The zero-order valence-electron chi connectivity index (χ0n) is 7.56. The van der Waals surface area contributed by atoms with Gasteiger partial charge >= 0.3 is 0 Å². The topological polar surface area (TPSA) is 63.2 Å². The number of aryl methyl sites for hydroxylation is 1. The molecule has 0 amide bonds. The van der Waals surface area contributed by atoms with Gasteiger partial charge < -0.3 is 4.74 Å². The lowest BCUT2D eigenvalue weighted by Gasteiger charge is -1.94. The van der Waals surface area contributed by atoms with E-state index in [-0.39, 0.29) is 0 Å². The standard InChI is InChI=1S/C8H10N4O/c1-3-13-6-10-8-7(4-9)5-11-12(8)2/h5-6H,3H2,1-2H3. The highest BCUT2D eigenvalue weighted by Crippen LogP contribution is 2.15. The largest absolute Gasteiger partial charge is 0.483 e. The first-order valence-electron chi connectivity index (χ1n) is 3.85. The molecule has 0 N–H and O–H groups in total. The summed E-state index contributed by atoms with van der Waals surface area (Å²) in [6, 6.07) is 1.99. The van der Waals surface area contributed by atoms with E-state index in [9.17, 15) is 0 Å². The van der Waals surface area contributed by atoms with Crippen molar-refractivity contribution in [3.05, 3.63) is 11.8 Å². The third-order valence-corrected chi connectivity index (χ3v) is 1.44. The van der Waals surface area contributed by atoms with Crippen molar-refractivity contribution < 1.29 is 4.74 Å². The van der Waals surface area contributed by atoms with E-state index in [4.69, 9.17) is 10.00 Å². The van der Waals surface area contributed by atoms with Crippen molar-refractivity contribution in [3.63, 3.8) is 0 Å². The number of nitriles is 1. The fraction of sp³-hybridized carbons (Fsp3) is 0.375. The fourth-order valence-corrected chi connectivity index (χ4v) is 0.825. The summed E-state index contributed by atoms with van der Waals surface area (Å²) in [5.41, 5.74) is 0.443. The van der Waals surface area contributed by atoms with Crippen molar-refractivity contribution >= 4 is 12.2 Å². The molecule has 0 saturated heterocycles. The van der Waals surface area contributed by atoms with Crippen LogP contribution < -0.4 is 0 Å². The summed E-state index contributed by atoms with van der Waals surface area (Å²) in [6.07, 6.45) is 2.79. The van der Waals surface area contributed by atoms with Crippen molar-refractivity contribution in [2.45, 2.75) is 6.92 Å². The lowest BCUT2D eigenvalue weighted by molar-refractivity contribution is 0.343. The first-order valence-corrected chi connectivity index (χ1v) is 3.85. The van der Waals surface area contributed by atoms with E-state index in [2.05, 4.69) is 10.1 Å². The SMILES string of the molecule is CCOC=Nc1c(C#N)cnn1C. The maximum absolute atomic E-state index is 8.67. The van der Waals surface area contributed by atoms with E-state index >= 15 is 0 Å². The Morgan fingerprint density at radius 2 is 2.62 bits per heavy atom. The zero-order valence-corrected chi connectivity index (χ0v) is 7.56. The highest BCUT2D eigenvalue weighted by Gasteiger charge is 2.04. The molecule has 13 heavy (non-hydrogen) atoms. The van der Waals surface area contributed by atoms with Gasteiger partial charge in [0.15, 0.2) is 12.2 Å². The molecule has 0 unspecified atom stereocenters. The van der Waals surface area contributed by atoms with Crippen LogP contribution >= 0.6 is 0 Å². The lowest BCUT2D eigenvalue weighted by Crippen LogP contribution is -1.90. The predicted molar refractivity (Wildman–Crippen MR) is 47.7 cm³/mol. The van der Waals surface area contributed by atoms with Gasteiger partial charge in [0.1, 0.15) is 11.6 Å². The monoisotopic (exact) mass is 178 g/mol. The minimum atomic E-state index is 0.443. The molecular formula is C8H10N4O. The van der Waals surface area contributed by atoms with Gasteiger partial charge in [-0.3, -0.25) is 0 Å². The second kappa shape index (κ2) is 4.26. The number of hydrogen-bond acceptors (Lipinski definition) is 4. The second-order valence-electron chi connectivity index (χ2n) is 2.31. The summed E-state index contributed by atoms with van der Waals surface area (Å²) in [5, 5.41) is 12.6. The molecule has 0 aliphatic rings. The molecule has 5 heteroatoms. The minimum Gasteiger partial charge on any atom is -0.483 e. The normalized spacial score (nSPS) is 10.2. The summed E-state index contributed by atoms with van der Waals surface area (Å²) >= 11 is 0. The van der Waals surface area contributed by atoms with Gasteiger partial charge in [0.05, 0.1) is 12.8 Å². The van der Waals surface area contributed by atoms with Crippen molar-refractivity contribution in [1.82, 2.24) is 9.78 Å². The number of aliphatic imine (C=N–C) groups is 1. The number of ether oxygens (including phenoxy) is 1. The Labute approximate surface area is 76.3 Å². The first-order chi connectivity index (χ1) is 6.29. The van der Waals surface area contributed by atoms with Gasteiger partial charge in [-0.25, -0.2) is 4.68 Å². The average Bonchev–Trinajstić information content (AvgIpc) is 2.48. The number of hydrogen-bond donors (Lipinski definition) is 0. The average molecular weight is 178 g/mol. The van der Waals surface area contributed by atoms with E-state index in [1.165, 1.54) is 17.3 Å². The van der Waals surface area contributed by atoms with E-state index < -0.39 is 0 Å². The molecule has 0 aromatic carbocycles. The van der Waals surface area contributed by atoms with Gasteiger partial charge in [-0.2, -0.15) is 15.4 Å². The Kier molecular flexibility index (Phi) is 3.03. The summed E-state index contributed by atoms with van der Waals surface area (Å²) in [6.45, 7) is 2.42. The highest BCUT2D eigenvalue weighted by molar-refractivity contribution is 5.58. The van der Waals surface area contributed by atoms with E-state index in [1.807, 2.05) is 13.0 Å². The Hall–Kier alpha value is -1.83. The summed E-state index contributed by atoms with van der Waals surface area (Å²) in [7, 11) is 1.72. The maximum atomic E-state index is 8.67. The molecule has 0 fully saturated rings. The molecule has 0 atom stereocenters. The summed E-state index contributed by atoms with van der Waals surface area (Å²) < 4.78 is 6.44. The Balaban J connectivity index is 2.87. The van der Waals surface area contributed by atoms with Crippen LogP contribution in [0.5, 0.6) is 0 Å². The van der Waals surface area contributed by atoms with Crippen LogP contribution in [0.3, 0.4) is 0 Å². The van der Waals surface area contributed by atoms with Gasteiger partial charge in [-0.1, -0.05) is 0 Å². The molecule has 0 aliphatic carbocycles. The lowest BCUT2D eigenvalue weighted by atomic mass is 10.4. The smallest absolute Gasteiger partial charge is 0.176 e. The van der Waals surface area contributed by atoms with Crippen molar-refractivity contribution in [2.24, 2.45) is 12.0 Å². The van der Waals surface area contributed by atoms with Crippen LogP contribution in [0.15, 0.2) is 11.2 Å². The Morgan fingerprint density at radius 3 is 3.23 bits per heavy atom. The molecular weight excluding hydrogens is 168 g/mol. The van der Waals surface area contributed by atoms with Gasteiger partial charge in [0.2, 0.25) is 0 Å². The van der Waals surface area contributed by atoms with Crippen LogP contribution in [0.25, 0.3) is 0 Å². The van der Waals surface area contributed by atoms with Crippen molar-refractivity contribution in [2.75, 3.05) is 6.61 Å². The van der Waals surface area contributed by atoms with Crippen molar-refractivity contribution in [3.8, 4) is 6.07 Å². The second-order valence-corrected chi connectivity index (χ2v) is 2.31. The molecule has 1 rings (SSSR count). The zero-order chi connectivity index (χ0) is 9.68. The number of rotatable bonds is 3. The van der Waals surface area contributed by atoms with Crippen LogP contribution in [-0.4, -0.2) is 22.8 Å². The minimum absolute atomic E-state index is 0.443. The molecule has 68 valence electrons. The quantitative estimate of drug-likeness (QED) is 0.512. The van der Waals surface area contributed by atoms with E-state index in [0.29, 0.717) is 18.0 Å². The van der Waals surface area contributed by atoms with E-state index in [0.717, 1.165) is 0 Å². The van der Waals surface area contributed by atoms with E-state index in [1.54, 1.807) is 7.05 Å². The molecule has 1 heterocycles. The predicted octanol–water partition coefficient (Wildman–Crippen LogP) is 0.988. The first kappa shape index (κ1) is 9.26. The molecule has 5 nitrogen and oxygen atoms in total. The molecule has 0 radical (unpaired) electrons. The van der Waals surface area contributed by atoms with Crippen LogP contribution in [-0.2, 0) is 11.8 Å². The van der Waals surface area contributed by atoms with Crippen LogP contribution in [0.4, 0.5) is 5.82 Å². The van der Waals surface area contributed by atoms with Gasteiger partial charge in [-0.05, 0) is 6.92 Å². The Morgan fingerprint density at radius 1 is 1.85 bits per heavy atom.